The standard InChI is InChI=1S/C16H17NO2S/c1-2-16-17-12(10-20-16)9-19-13-7-6-11-4-3-5-15(18)14(11)8-13/h6-8,10H,2-5,9H2,1H3. The maximum Gasteiger partial charge on any atom is 0.163 e. The summed E-state index contributed by atoms with van der Waals surface area (Å²) < 4.78 is 5.76. The van der Waals surface area contributed by atoms with Gasteiger partial charge < -0.3 is 4.74 Å². The highest BCUT2D eigenvalue weighted by Crippen LogP contribution is 2.26. The van der Waals surface area contributed by atoms with E-state index in [1.807, 2.05) is 23.6 Å². The number of carbonyl (C=O) groups is 1. The maximum atomic E-state index is 11.9. The van der Waals surface area contributed by atoms with Gasteiger partial charge in [-0.2, -0.15) is 0 Å². The number of thiazole rings is 1. The van der Waals surface area contributed by atoms with Gasteiger partial charge >= 0.3 is 0 Å². The molecule has 1 heterocycles. The number of ketones is 1. The Kier molecular flexibility index (Phi) is 3.83. The van der Waals surface area contributed by atoms with E-state index in [1.54, 1.807) is 11.3 Å². The minimum atomic E-state index is 0.235. The Morgan fingerprint density at radius 3 is 3.05 bits per heavy atom. The molecule has 0 saturated carbocycles. The zero-order chi connectivity index (χ0) is 13.9. The summed E-state index contributed by atoms with van der Waals surface area (Å²) in [6, 6.07) is 5.84. The van der Waals surface area contributed by atoms with Gasteiger partial charge in [0.1, 0.15) is 12.4 Å². The van der Waals surface area contributed by atoms with E-state index >= 15 is 0 Å². The summed E-state index contributed by atoms with van der Waals surface area (Å²) in [5.74, 6) is 0.990. The van der Waals surface area contributed by atoms with Crippen molar-refractivity contribution in [3.05, 3.63) is 45.4 Å². The predicted octanol–water partition coefficient (Wildman–Crippen LogP) is 3.80. The fourth-order valence-corrected chi connectivity index (χ4v) is 3.16. The molecule has 3 rings (SSSR count). The van der Waals surface area contributed by atoms with Gasteiger partial charge in [0.2, 0.25) is 0 Å². The molecule has 2 aromatic rings. The number of hydrogen-bond acceptors (Lipinski definition) is 4. The molecule has 0 unspecified atom stereocenters. The first-order valence-corrected chi connectivity index (χ1v) is 7.86. The summed E-state index contributed by atoms with van der Waals surface area (Å²) in [6.45, 7) is 2.56. The first-order chi connectivity index (χ1) is 9.76. The van der Waals surface area contributed by atoms with Gasteiger partial charge in [-0.15, -0.1) is 11.3 Å². The molecule has 0 aliphatic heterocycles. The third-order valence-corrected chi connectivity index (χ3v) is 4.56. The van der Waals surface area contributed by atoms with Gasteiger partial charge in [-0.05, 0) is 37.0 Å². The number of Topliss-reactive ketones (excluding diaryl/α,β-unsaturated/α-hetero) is 1. The summed E-state index contributed by atoms with van der Waals surface area (Å²) >= 11 is 1.66. The second-order valence-corrected chi connectivity index (χ2v) is 5.91. The first-order valence-electron chi connectivity index (χ1n) is 6.98. The minimum absolute atomic E-state index is 0.235. The molecular formula is C16H17NO2S. The van der Waals surface area contributed by atoms with Gasteiger partial charge in [0.25, 0.3) is 0 Å². The average Bonchev–Trinajstić information content (AvgIpc) is 2.94. The van der Waals surface area contributed by atoms with Crippen LogP contribution in [0.25, 0.3) is 0 Å². The molecule has 1 aromatic heterocycles. The number of aromatic nitrogens is 1. The van der Waals surface area contributed by atoms with E-state index in [4.69, 9.17) is 4.74 Å². The normalized spacial score (nSPS) is 14.2. The Hall–Kier alpha value is -1.68. The Bertz CT molecular complexity index is 633. The average molecular weight is 287 g/mol. The molecule has 0 spiro atoms. The number of benzene rings is 1. The van der Waals surface area contributed by atoms with Crippen molar-refractivity contribution in [1.82, 2.24) is 4.98 Å². The van der Waals surface area contributed by atoms with Crippen molar-refractivity contribution >= 4 is 17.1 Å². The number of aryl methyl sites for hydroxylation is 2. The van der Waals surface area contributed by atoms with Crippen LogP contribution in [0.3, 0.4) is 0 Å². The maximum absolute atomic E-state index is 11.9. The van der Waals surface area contributed by atoms with E-state index in [0.29, 0.717) is 13.0 Å². The molecule has 0 radical (unpaired) electrons. The van der Waals surface area contributed by atoms with Crippen LogP contribution in [0, 0.1) is 0 Å². The van der Waals surface area contributed by atoms with E-state index in [1.165, 1.54) is 0 Å². The molecule has 0 bridgehead atoms. The largest absolute Gasteiger partial charge is 0.487 e. The molecule has 0 fully saturated rings. The fourth-order valence-electron chi connectivity index (χ4n) is 2.43. The smallest absolute Gasteiger partial charge is 0.163 e. The van der Waals surface area contributed by atoms with Gasteiger partial charge in [-0.1, -0.05) is 13.0 Å². The van der Waals surface area contributed by atoms with Crippen molar-refractivity contribution < 1.29 is 9.53 Å². The SMILES string of the molecule is CCc1nc(COc2ccc3c(c2)C(=O)CCC3)cs1. The van der Waals surface area contributed by atoms with Crippen LogP contribution in [0.1, 0.15) is 46.4 Å². The van der Waals surface area contributed by atoms with Crippen molar-refractivity contribution in [2.75, 3.05) is 0 Å². The summed E-state index contributed by atoms with van der Waals surface area (Å²) in [5.41, 5.74) is 2.94. The summed E-state index contributed by atoms with van der Waals surface area (Å²) in [6.07, 6.45) is 3.57. The predicted molar refractivity (Wildman–Crippen MR) is 79.5 cm³/mol. The highest BCUT2D eigenvalue weighted by atomic mass is 32.1. The van der Waals surface area contributed by atoms with Crippen LogP contribution >= 0.6 is 11.3 Å². The minimum Gasteiger partial charge on any atom is -0.487 e. The van der Waals surface area contributed by atoms with E-state index in [9.17, 15) is 4.79 Å². The van der Waals surface area contributed by atoms with Crippen LogP contribution in [-0.4, -0.2) is 10.8 Å². The van der Waals surface area contributed by atoms with Crippen molar-refractivity contribution in [2.45, 2.75) is 39.2 Å². The number of fused-ring (bicyclic) bond motifs is 1. The van der Waals surface area contributed by atoms with Crippen molar-refractivity contribution in [2.24, 2.45) is 0 Å². The fraction of sp³-hybridized carbons (Fsp3) is 0.375. The molecule has 0 atom stereocenters. The Morgan fingerprint density at radius 1 is 1.35 bits per heavy atom. The van der Waals surface area contributed by atoms with Gasteiger partial charge in [0, 0.05) is 17.4 Å². The number of carbonyl (C=O) groups excluding carboxylic acids is 1. The molecule has 20 heavy (non-hydrogen) atoms. The second kappa shape index (κ2) is 5.75. The molecule has 0 amide bonds. The highest BCUT2D eigenvalue weighted by Gasteiger charge is 2.17. The number of rotatable bonds is 4. The molecule has 1 aliphatic carbocycles. The number of hydrogen-bond donors (Lipinski definition) is 0. The quantitative estimate of drug-likeness (QED) is 0.858. The van der Waals surface area contributed by atoms with Crippen molar-refractivity contribution in [3.63, 3.8) is 0 Å². The topological polar surface area (TPSA) is 39.2 Å². The van der Waals surface area contributed by atoms with Crippen LogP contribution in [0.5, 0.6) is 5.75 Å². The van der Waals surface area contributed by atoms with Crippen molar-refractivity contribution in [3.8, 4) is 5.75 Å². The first kappa shape index (κ1) is 13.3. The lowest BCUT2D eigenvalue weighted by atomic mass is 9.90. The van der Waals surface area contributed by atoms with Gasteiger partial charge in [0.15, 0.2) is 5.78 Å². The molecule has 0 N–H and O–H groups in total. The molecule has 1 aromatic carbocycles. The molecular weight excluding hydrogens is 270 g/mol. The van der Waals surface area contributed by atoms with Gasteiger partial charge in [0.05, 0.1) is 10.7 Å². The van der Waals surface area contributed by atoms with E-state index in [2.05, 4.69) is 11.9 Å². The Balaban J connectivity index is 1.71. The van der Waals surface area contributed by atoms with Crippen LogP contribution in [0.2, 0.25) is 0 Å². The lowest BCUT2D eigenvalue weighted by Gasteiger charge is -2.15. The van der Waals surface area contributed by atoms with Crippen LogP contribution in [0.4, 0.5) is 0 Å². The zero-order valence-corrected chi connectivity index (χ0v) is 12.3. The molecule has 3 nitrogen and oxygen atoms in total. The van der Waals surface area contributed by atoms with Crippen LogP contribution in [-0.2, 0) is 19.4 Å². The van der Waals surface area contributed by atoms with E-state index in [0.717, 1.165) is 46.8 Å². The third-order valence-electron chi connectivity index (χ3n) is 3.52. The number of nitrogens with zero attached hydrogens (tertiary/aromatic N) is 1. The number of ether oxygens (including phenoxy) is 1. The summed E-state index contributed by atoms with van der Waals surface area (Å²) in [4.78, 5) is 16.4. The summed E-state index contributed by atoms with van der Waals surface area (Å²) in [5, 5.41) is 3.16. The molecule has 1 aliphatic rings. The Morgan fingerprint density at radius 2 is 2.25 bits per heavy atom. The lowest BCUT2D eigenvalue weighted by Crippen LogP contribution is -2.10. The zero-order valence-electron chi connectivity index (χ0n) is 11.5. The van der Waals surface area contributed by atoms with Crippen molar-refractivity contribution in [1.29, 1.82) is 0 Å². The molecule has 0 saturated heterocycles. The van der Waals surface area contributed by atoms with Gasteiger partial charge in [-0.3, -0.25) is 4.79 Å². The summed E-state index contributed by atoms with van der Waals surface area (Å²) in [7, 11) is 0. The van der Waals surface area contributed by atoms with Gasteiger partial charge in [-0.25, -0.2) is 4.98 Å². The highest BCUT2D eigenvalue weighted by molar-refractivity contribution is 7.09. The lowest BCUT2D eigenvalue weighted by molar-refractivity contribution is 0.0972. The second-order valence-electron chi connectivity index (χ2n) is 4.97. The van der Waals surface area contributed by atoms with E-state index in [-0.39, 0.29) is 5.78 Å². The Labute approximate surface area is 122 Å². The molecule has 104 valence electrons. The third kappa shape index (κ3) is 2.75. The monoisotopic (exact) mass is 287 g/mol. The molecule has 4 heteroatoms. The van der Waals surface area contributed by atoms with E-state index < -0.39 is 0 Å². The van der Waals surface area contributed by atoms with Crippen LogP contribution < -0.4 is 4.74 Å². The van der Waals surface area contributed by atoms with Crippen LogP contribution in [0.15, 0.2) is 23.6 Å².